The minimum Gasteiger partial charge on any atom is -0.465 e. The molecular weight excluding hydrogens is 180 g/mol. The molecule has 0 saturated heterocycles. The van der Waals surface area contributed by atoms with Crippen LogP contribution >= 0.6 is 0 Å². The van der Waals surface area contributed by atoms with Crippen LogP contribution in [0.4, 0.5) is 0 Å². The van der Waals surface area contributed by atoms with Gasteiger partial charge in [0.15, 0.2) is 11.6 Å². The number of ketones is 2. The molecule has 0 spiro atoms. The van der Waals surface area contributed by atoms with E-state index in [0.29, 0.717) is 11.5 Å². The van der Waals surface area contributed by atoms with Gasteiger partial charge in [-0.05, 0) is 39.8 Å². The first-order chi connectivity index (χ1) is 6.39. The molecule has 0 aliphatic heterocycles. The zero-order chi connectivity index (χ0) is 10.9. The number of hydrogen-bond acceptors (Lipinski definition) is 3. The predicted octanol–water partition coefficient (Wildman–Crippen LogP) is 2.02. The van der Waals surface area contributed by atoms with Crippen LogP contribution in [-0.2, 0) is 15.0 Å². The maximum absolute atomic E-state index is 11.4. The van der Waals surface area contributed by atoms with Crippen molar-refractivity contribution in [1.29, 1.82) is 0 Å². The third-order valence-electron chi connectivity index (χ3n) is 2.64. The van der Waals surface area contributed by atoms with E-state index in [4.69, 9.17) is 4.42 Å². The maximum Gasteiger partial charge on any atom is 0.150 e. The average molecular weight is 194 g/mol. The van der Waals surface area contributed by atoms with E-state index in [1.165, 1.54) is 13.8 Å². The number of hydrogen-bond donors (Lipinski definition) is 0. The van der Waals surface area contributed by atoms with Gasteiger partial charge in [0.25, 0.3) is 0 Å². The molecule has 0 unspecified atom stereocenters. The molecule has 3 nitrogen and oxygen atoms in total. The summed E-state index contributed by atoms with van der Waals surface area (Å²) in [4.78, 5) is 22.9. The molecule has 1 heterocycles. The van der Waals surface area contributed by atoms with Crippen molar-refractivity contribution in [2.24, 2.45) is 0 Å². The van der Waals surface area contributed by atoms with Gasteiger partial charge in [-0.1, -0.05) is 0 Å². The first-order valence-corrected chi connectivity index (χ1v) is 4.48. The van der Waals surface area contributed by atoms with Gasteiger partial charge in [0.1, 0.15) is 16.9 Å². The second-order valence-electron chi connectivity index (χ2n) is 3.65. The number of furan rings is 1. The Morgan fingerprint density at radius 1 is 1.21 bits per heavy atom. The Hall–Kier alpha value is -1.38. The number of aryl methyl sites for hydroxylation is 1. The molecule has 1 aromatic rings. The van der Waals surface area contributed by atoms with Crippen LogP contribution in [0.1, 0.15) is 32.3 Å². The molecule has 0 aliphatic carbocycles. The third kappa shape index (κ3) is 1.50. The van der Waals surface area contributed by atoms with Gasteiger partial charge in [-0.25, -0.2) is 0 Å². The van der Waals surface area contributed by atoms with Crippen molar-refractivity contribution in [3.63, 3.8) is 0 Å². The molecule has 0 saturated carbocycles. The maximum atomic E-state index is 11.4. The fourth-order valence-electron chi connectivity index (χ4n) is 1.30. The zero-order valence-electron chi connectivity index (χ0n) is 8.88. The van der Waals surface area contributed by atoms with Crippen molar-refractivity contribution < 1.29 is 14.0 Å². The lowest BCUT2D eigenvalue weighted by Crippen LogP contribution is -2.37. The summed E-state index contributed by atoms with van der Waals surface area (Å²) in [5.74, 6) is 0.738. The topological polar surface area (TPSA) is 47.3 Å². The van der Waals surface area contributed by atoms with Crippen LogP contribution in [0.15, 0.2) is 16.5 Å². The van der Waals surface area contributed by atoms with Crippen molar-refractivity contribution in [2.75, 3.05) is 0 Å². The number of rotatable bonds is 3. The standard InChI is InChI=1S/C11H14O3/c1-7-5-6-10(14-7)11(4,8(2)12)9(3)13/h5-6H,1-4H3. The van der Waals surface area contributed by atoms with E-state index in [1.807, 2.05) is 0 Å². The second kappa shape index (κ2) is 3.40. The van der Waals surface area contributed by atoms with Gasteiger partial charge >= 0.3 is 0 Å². The largest absolute Gasteiger partial charge is 0.465 e. The van der Waals surface area contributed by atoms with Crippen molar-refractivity contribution in [1.82, 2.24) is 0 Å². The minimum atomic E-state index is -1.13. The fourth-order valence-corrected chi connectivity index (χ4v) is 1.30. The summed E-state index contributed by atoms with van der Waals surface area (Å²) in [7, 11) is 0. The lowest BCUT2D eigenvalue weighted by molar-refractivity contribution is -0.132. The zero-order valence-corrected chi connectivity index (χ0v) is 8.88. The van der Waals surface area contributed by atoms with Gasteiger partial charge in [0.05, 0.1) is 0 Å². The SMILES string of the molecule is CC(=O)C(C)(C(C)=O)c1ccc(C)o1. The van der Waals surface area contributed by atoms with Gasteiger partial charge < -0.3 is 4.42 Å². The van der Waals surface area contributed by atoms with Crippen LogP contribution < -0.4 is 0 Å². The molecule has 1 rings (SSSR count). The van der Waals surface area contributed by atoms with E-state index in [0.717, 1.165) is 0 Å². The van der Waals surface area contributed by atoms with Crippen LogP contribution in [0.5, 0.6) is 0 Å². The highest BCUT2D eigenvalue weighted by atomic mass is 16.3. The lowest BCUT2D eigenvalue weighted by Gasteiger charge is -2.20. The van der Waals surface area contributed by atoms with Crippen LogP contribution in [0, 0.1) is 6.92 Å². The van der Waals surface area contributed by atoms with Crippen molar-refractivity contribution in [2.45, 2.75) is 33.1 Å². The van der Waals surface area contributed by atoms with Gasteiger partial charge in [-0.15, -0.1) is 0 Å². The summed E-state index contributed by atoms with van der Waals surface area (Å²) in [6.45, 7) is 6.18. The van der Waals surface area contributed by atoms with E-state index in [9.17, 15) is 9.59 Å². The predicted molar refractivity (Wildman–Crippen MR) is 52.2 cm³/mol. The molecule has 0 radical (unpaired) electrons. The van der Waals surface area contributed by atoms with Crippen LogP contribution in [0.3, 0.4) is 0 Å². The molecule has 76 valence electrons. The molecule has 0 fully saturated rings. The van der Waals surface area contributed by atoms with E-state index in [-0.39, 0.29) is 11.6 Å². The molecule has 3 heteroatoms. The molecule has 0 aliphatic rings. The van der Waals surface area contributed by atoms with E-state index < -0.39 is 5.41 Å². The number of Topliss-reactive ketones (excluding diaryl/α,β-unsaturated/α-hetero) is 2. The van der Waals surface area contributed by atoms with Gasteiger partial charge in [0, 0.05) is 0 Å². The van der Waals surface area contributed by atoms with Crippen molar-refractivity contribution in [3.05, 3.63) is 23.7 Å². The summed E-state index contributed by atoms with van der Waals surface area (Å²) in [5, 5.41) is 0. The quantitative estimate of drug-likeness (QED) is 0.691. The molecule has 0 aromatic carbocycles. The van der Waals surface area contributed by atoms with Gasteiger partial charge in [0.2, 0.25) is 0 Å². The Kier molecular flexibility index (Phi) is 2.60. The van der Waals surface area contributed by atoms with Crippen LogP contribution in [-0.4, -0.2) is 11.6 Å². The van der Waals surface area contributed by atoms with Gasteiger partial charge in [-0.2, -0.15) is 0 Å². The summed E-state index contributed by atoms with van der Waals surface area (Å²) in [6.07, 6.45) is 0. The first-order valence-electron chi connectivity index (χ1n) is 4.48. The van der Waals surface area contributed by atoms with Crippen molar-refractivity contribution in [3.8, 4) is 0 Å². The number of carbonyl (C=O) groups is 2. The summed E-state index contributed by atoms with van der Waals surface area (Å²) in [6, 6.07) is 3.43. The molecule has 0 N–H and O–H groups in total. The Bertz CT molecular complexity index is 360. The van der Waals surface area contributed by atoms with E-state index in [2.05, 4.69) is 0 Å². The summed E-state index contributed by atoms with van der Waals surface area (Å²) < 4.78 is 5.33. The normalized spacial score (nSPS) is 11.4. The minimum absolute atomic E-state index is 0.195. The van der Waals surface area contributed by atoms with Crippen LogP contribution in [0.2, 0.25) is 0 Å². The first kappa shape index (κ1) is 10.7. The highest BCUT2D eigenvalue weighted by Gasteiger charge is 2.40. The molecule has 0 bridgehead atoms. The molecule has 0 amide bonds. The monoisotopic (exact) mass is 194 g/mol. The van der Waals surface area contributed by atoms with Crippen molar-refractivity contribution >= 4 is 11.6 Å². The fraction of sp³-hybridized carbons (Fsp3) is 0.455. The van der Waals surface area contributed by atoms with Gasteiger partial charge in [-0.3, -0.25) is 9.59 Å². The van der Waals surface area contributed by atoms with Crippen LogP contribution in [0.25, 0.3) is 0 Å². The van der Waals surface area contributed by atoms with E-state index in [1.54, 1.807) is 26.0 Å². The summed E-state index contributed by atoms with van der Waals surface area (Å²) >= 11 is 0. The Morgan fingerprint density at radius 2 is 1.71 bits per heavy atom. The second-order valence-corrected chi connectivity index (χ2v) is 3.65. The highest BCUT2D eigenvalue weighted by molar-refractivity contribution is 6.09. The highest BCUT2D eigenvalue weighted by Crippen LogP contribution is 2.27. The Labute approximate surface area is 83.1 Å². The number of carbonyl (C=O) groups excluding carboxylic acids is 2. The van der Waals surface area contributed by atoms with E-state index >= 15 is 0 Å². The molecule has 1 aromatic heterocycles. The lowest BCUT2D eigenvalue weighted by atomic mass is 9.80. The average Bonchev–Trinajstić information content (AvgIpc) is 2.49. The Morgan fingerprint density at radius 3 is 2.00 bits per heavy atom. The molecule has 14 heavy (non-hydrogen) atoms. The molecular formula is C11H14O3. The Balaban J connectivity index is 3.26. The smallest absolute Gasteiger partial charge is 0.150 e. The molecule has 0 atom stereocenters. The summed E-state index contributed by atoms with van der Waals surface area (Å²) in [5.41, 5.74) is -1.13. The third-order valence-corrected chi connectivity index (χ3v) is 2.64.